The van der Waals surface area contributed by atoms with E-state index < -0.39 is 17.2 Å². The number of hydrogen-bond acceptors (Lipinski definition) is 5. The molecule has 3 rings (SSSR count). The molecule has 0 aliphatic heterocycles. The molecule has 0 fully saturated rings. The number of carbonyl (C=O) groups excluding carboxylic acids is 2. The van der Waals surface area contributed by atoms with Gasteiger partial charge in [0.25, 0.3) is 11.5 Å². The van der Waals surface area contributed by atoms with Crippen LogP contribution in [0.5, 0.6) is 5.75 Å². The fraction of sp³-hybridized carbons (Fsp3) is 0.0526. The lowest BCUT2D eigenvalue weighted by molar-refractivity contribution is 0.0949. The maximum Gasteiger partial charge on any atom is 0.325 e. The van der Waals surface area contributed by atoms with E-state index in [1.54, 1.807) is 12.1 Å². The largest absolute Gasteiger partial charge is 0.508 e. The van der Waals surface area contributed by atoms with Gasteiger partial charge < -0.3 is 15.4 Å². The predicted molar refractivity (Wildman–Crippen MR) is 96.8 cm³/mol. The first-order valence-electron chi connectivity index (χ1n) is 7.97. The van der Waals surface area contributed by atoms with Crippen molar-refractivity contribution >= 4 is 11.7 Å². The molecule has 8 nitrogen and oxygen atoms in total. The molecule has 27 heavy (non-hydrogen) atoms. The minimum absolute atomic E-state index is 0.00496. The van der Waals surface area contributed by atoms with E-state index in [0.29, 0.717) is 16.7 Å². The third-order valence-electron chi connectivity index (χ3n) is 3.77. The minimum Gasteiger partial charge on any atom is -0.508 e. The Hall–Kier alpha value is -3.94. The van der Waals surface area contributed by atoms with E-state index in [0.717, 1.165) is 0 Å². The fourth-order valence-corrected chi connectivity index (χ4v) is 2.48. The lowest BCUT2D eigenvalue weighted by Gasteiger charge is -2.06. The first kappa shape index (κ1) is 17.9. The molecule has 0 unspecified atom stereocenters. The Kier molecular flexibility index (Phi) is 4.98. The van der Waals surface area contributed by atoms with Crippen LogP contribution in [-0.4, -0.2) is 26.8 Å². The van der Waals surface area contributed by atoms with Crippen molar-refractivity contribution in [2.45, 2.75) is 6.54 Å². The number of H-pyrrole nitrogens is 2. The molecule has 0 aliphatic rings. The lowest BCUT2D eigenvalue weighted by atomic mass is 10.0. The quantitative estimate of drug-likeness (QED) is 0.499. The van der Waals surface area contributed by atoms with Crippen molar-refractivity contribution in [3.8, 4) is 5.75 Å². The zero-order valence-corrected chi connectivity index (χ0v) is 14.0. The van der Waals surface area contributed by atoms with E-state index in [9.17, 15) is 24.3 Å². The summed E-state index contributed by atoms with van der Waals surface area (Å²) in [6.45, 7) is -0.0258. The normalized spacial score (nSPS) is 10.4. The number of ketones is 1. The number of aromatic hydroxyl groups is 1. The summed E-state index contributed by atoms with van der Waals surface area (Å²) in [6.07, 6.45) is 0. The number of aromatic nitrogens is 2. The van der Waals surface area contributed by atoms with Gasteiger partial charge in [0.1, 0.15) is 5.75 Å². The van der Waals surface area contributed by atoms with Crippen LogP contribution in [0.4, 0.5) is 0 Å². The minimum atomic E-state index is -0.651. The third-order valence-corrected chi connectivity index (χ3v) is 3.77. The number of benzene rings is 2. The van der Waals surface area contributed by atoms with Gasteiger partial charge in [-0.15, -0.1) is 0 Å². The van der Waals surface area contributed by atoms with Gasteiger partial charge in [0.2, 0.25) is 0 Å². The second-order valence-electron chi connectivity index (χ2n) is 5.75. The average molecular weight is 365 g/mol. The number of rotatable bonds is 5. The number of amides is 1. The predicted octanol–water partition coefficient (Wildman–Crippen LogP) is 0.930. The monoisotopic (exact) mass is 365 g/mol. The van der Waals surface area contributed by atoms with Crippen LogP contribution in [0.15, 0.2) is 64.2 Å². The van der Waals surface area contributed by atoms with Gasteiger partial charge in [0.05, 0.1) is 6.54 Å². The van der Waals surface area contributed by atoms with Crippen LogP contribution in [0, 0.1) is 0 Å². The molecule has 0 spiro atoms. The van der Waals surface area contributed by atoms with Crippen molar-refractivity contribution in [1.29, 1.82) is 0 Å². The maximum absolute atomic E-state index is 12.4. The summed E-state index contributed by atoms with van der Waals surface area (Å²) in [7, 11) is 0. The van der Waals surface area contributed by atoms with E-state index in [4.69, 9.17) is 0 Å². The molecule has 4 N–H and O–H groups in total. The number of phenolic OH excluding ortho intramolecular Hbond substituents is 1. The summed E-state index contributed by atoms with van der Waals surface area (Å²) in [5.41, 5.74) is 0.0864. The molecule has 0 saturated carbocycles. The highest BCUT2D eigenvalue weighted by Crippen LogP contribution is 2.16. The lowest BCUT2D eigenvalue weighted by Crippen LogP contribution is -2.28. The van der Waals surface area contributed by atoms with Gasteiger partial charge >= 0.3 is 5.69 Å². The highest BCUT2D eigenvalue weighted by atomic mass is 16.3. The number of carbonyl (C=O) groups is 2. The number of aromatic amines is 2. The Balaban J connectivity index is 1.69. The highest BCUT2D eigenvalue weighted by Gasteiger charge is 2.11. The second-order valence-corrected chi connectivity index (χ2v) is 5.75. The van der Waals surface area contributed by atoms with E-state index in [-0.39, 0.29) is 23.8 Å². The molecule has 8 heteroatoms. The molecular formula is C19H15N3O5. The van der Waals surface area contributed by atoms with Gasteiger partial charge in [-0.25, -0.2) is 4.79 Å². The molecule has 0 bridgehead atoms. The smallest absolute Gasteiger partial charge is 0.325 e. The van der Waals surface area contributed by atoms with E-state index in [1.165, 1.54) is 42.5 Å². The van der Waals surface area contributed by atoms with Crippen LogP contribution in [0.2, 0.25) is 0 Å². The molecular weight excluding hydrogens is 350 g/mol. The maximum atomic E-state index is 12.4. The number of phenols is 1. The van der Waals surface area contributed by atoms with E-state index in [1.807, 2.05) is 4.98 Å². The fourth-order valence-electron chi connectivity index (χ4n) is 2.48. The van der Waals surface area contributed by atoms with Gasteiger partial charge in [-0.3, -0.25) is 19.4 Å². The van der Waals surface area contributed by atoms with Crippen LogP contribution in [0.1, 0.15) is 32.0 Å². The Morgan fingerprint density at radius 3 is 2.26 bits per heavy atom. The molecule has 1 heterocycles. The SMILES string of the molecule is O=C(NCc1cc(=O)[nH]c(=O)[nH]1)c1ccc(C(=O)c2cccc(O)c2)cc1. The van der Waals surface area contributed by atoms with Crippen molar-refractivity contribution in [3.05, 3.63) is 97.8 Å². The van der Waals surface area contributed by atoms with Crippen LogP contribution in [-0.2, 0) is 6.54 Å². The molecule has 0 atom stereocenters. The van der Waals surface area contributed by atoms with Gasteiger partial charge in [-0.2, -0.15) is 0 Å². The van der Waals surface area contributed by atoms with Crippen molar-refractivity contribution < 1.29 is 14.7 Å². The summed E-state index contributed by atoms with van der Waals surface area (Å²) >= 11 is 0. The molecule has 0 aliphatic carbocycles. The summed E-state index contributed by atoms with van der Waals surface area (Å²) in [6, 6.07) is 13.2. The molecule has 2 aromatic carbocycles. The van der Waals surface area contributed by atoms with Gasteiger partial charge in [-0.05, 0) is 24.3 Å². The van der Waals surface area contributed by atoms with Crippen LogP contribution in [0.25, 0.3) is 0 Å². The van der Waals surface area contributed by atoms with Crippen molar-refractivity contribution in [2.24, 2.45) is 0 Å². The standard InChI is InChI=1S/C19H15N3O5/c23-15-3-1-2-13(8-15)17(25)11-4-6-12(7-5-11)18(26)20-10-14-9-16(24)22-19(27)21-14/h1-9,23H,10H2,(H,20,26)(H2,21,22,24,27). The van der Waals surface area contributed by atoms with Crippen molar-refractivity contribution in [2.75, 3.05) is 0 Å². The van der Waals surface area contributed by atoms with Crippen LogP contribution in [0.3, 0.4) is 0 Å². The second kappa shape index (κ2) is 7.52. The third kappa shape index (κ3) is 4.37. The zero-order valence-electron chi connectivity index (χ0n) is 14.0. The van der Waals surface area contributed by atoms with Gasteiger partial charge in [-0.1, -0.05) is 24.3 Å². The van der Waals surface area contributed by atoms with Crippen LogP contribution >= 0.6 is 0 Å². The van der Waals surface area contributed by atoms with Gasteiger partial charge in [0, 0.05) is 28.5 Å². The summed E-state index contributed by atoms with van der Waals surface area (Å²) in [4.78, 5) is 51.4. The first-order chi connectivity index (χ1) is 12.9. The zero-order chi connectivity index (χ0) is 19.4. The Bertz CT molecular complexity index is 1080. The molecule has 1 amide bonds. The molecule has 0 radical (unpaired) electrons. The van der Waals surface area contributed by atoms with Crippen molar-refractivity contribution in [3.63, 3.8) is 0 Å². The topological polar surface area (TPSA) is 132 Å². The first-order valence-corrected chi connectivity index (χ1v) is 7.97. The molecule has 0 saturated heterocycles. The highest BCUT2D eigenvalue weighted by molar-refractivity contribution is 6.09. The van der Waals surface area contributed by atoms with E-state index >= 15 is 0 Å². The average Bonchev–Trinajstić information content (AvgIpc) is 2.65. The number of nitrogens with one attached hydrogen (secondary N) is 3. The molecule has 1 aromatic heterocycles. The Labute approximate surface area is 152 Å². The summed E-state index contributed by atoms with van der Waals surface area (Å²) in [5.74, 6) is -0.707. The van der Waals surface area contributed by atoms with Crippen molar-refractivity contribution in [1.82, 2.24) is 15.3 Å². The van der Waals surface area contributed by atoms with E-state index in [2.05, 4.69) is 10.3 Å². The number of hydrogen-bond donors (Lipinski definition) is 4. The Morgan fingerprint density at radius 2 is 1.59 bits per heavy atom. The molecule has 3 aromatic rings. The molecule has 136 valence electrons. The summed E-state index contributed by atoms with van der Waals surface area (Å²) in [5, 5.41) is 12.0. The van der Waals surface area contributed by atoms with Gasteiger partial charge in [0.15, 0.2) is 5.78 Å². The Morgan fingerprint density at radius 1 is 0.889 bits per heavy atom. The summed E-state index contributed by atoms with van der Waals surface area (Å²) < 4.78 is 0. The van der Waals surface area contributed by atoms with Crippen LogP contribution < -0.4 is 16.6 Å².